The van der Waals surface area contributed by atoms with Crippen molar-refractivity contribution < 1.29 is 4.42 Å². The van der Waals surface area contributed by atoms with E-state index in [9.17, 15) is 0 Å². The van der Waals surface area contributed by atoms with Gasteiger partial charge in [-0.25, -0.2) is 4.98 Å². The Balaban J connectivity index is 2.30. The quantitative estimate of drug-likeness (QED) is 0.639. The van der Waals surface area contributed by atoms with E-state index < -0.39 is 0 Å². The molecular weight excluding hydrogens is 208 g/mol. The lowest BCUT2D eigenvalue weighted by Crippen LogP contribution is -2.15. The van der Waals surface area contributed by atoms with Crippen LogP contribution in [0.25, 0.3) is 11.1 Å². The lowest BCUT2D eigenvalue weighted by Gasteiger charge is -2.12. The number of nitrogens with zero attached hydrogens (tertiary/aromatic N) is 2. The summed E-state index contributed by atoms with van der Waals surface area (Å²) in [5.41, 5.74) is 3.01. The third-order valence-electron chi connectivity index (χ3n) is 2.25. The molecule has 0 aliphatic carbocycles. The number of benzene rings is 1. The highest BCUT2D eigenvalue weighted by Crippen LogP contribution is 2.17. The van der Waals surface area contributed by atoms with Crippen LogP contribution < -0.4 is 0 Å². The predicted octanol–water partition coefficient (Wildman–Crippen LogP) is 2.46. The van der Waals surface area contributed by atoms with E-state index in [4.69, 9.17) is 4.42 Å². The summed E-state index contributed by atoms with van der Waals surface area (Å²) < 4.78 is 5.41. The highest BCUT2D eigenvalue weighted by Gasteiger charge is 2.04. The van der Waals surface area contributed by atoms with Gasteiger partial charge in [-0.15, -0.1) is 0 Å². The Hall–Kier alpha value is -1.00. The van der Waals surface area contributed by atoms with Gasteiger partial charge in [0.2, 0.25) is 0 Å². The fraction of sp³-hybridized carbons (Fsp3) is 0.364. The van der Waals surface area contributed by atoms with Gasteiger partial charge in [0.1, 0.15) is 5.52 Å². The first-order valence-corrected chi connectivity index (χ1v) is 5.48. The van der Waals surface area contributed by atoms with E-state index in [-0.39, 0.29) is 0 Å². The zero-order chi connectivity index (χ0) is 10.8. The monoisotopic (exact) mass is 222 g/mol. The lowest BCUT2D eigenvalue weighted by molar-refractivity contribution is 0.388. The molecule has 2 aromatic rings. The second-order valence-electron chi connectivity index (χ2n) is 3.69. The van der Waals surface area contributed by atoms with Crippen molar-refractivity contribution in [1.29, 1.82) is 0 Å². The molecule has 80 valence electrons. The second-order valence-corrected chi connectivity index (χ2v) is 3.97. The number of rotatable bonds is 3. The lowest BCUT2D eigenvalue weighted by atomic mass is 10.2. The van der Waals surface area contributed by atoms with Crippen LogP contribution in [0.2, 0.25) is 0 Å². The van der Waals surface area contributed by atoms with E-state index in [2.05, 4.69) is 34.6 Å². The van der Waals surface area contributed by atoms with Crippen molar-refractivity contribution in [2.45, 2.75) is 13.5 Å². The molecule has 0 fully saturated rings. The molecule has 0 amide bonds. The van der Waals surface area contributed by atoms with Gasteiger partial charge < -0.3 is 4.42 Å². The van der Waals surface area contributed by atoms with Crippen LogP contribution in [0.4, 0.5) is 0 Å². The van der Waals surface area contributed by atoms with Crippen molar-refractivity contribution in [3.05, 3.63) is 29.7 Å². The minimum Gasteiger partial charge on any atom is -0.441 e. The van der Waals surface area contributed by atoms with Crippen LogP contribution in [0, 0.1) is 6.92 Å². The third-order valence-corrected chi connectivity index (χ3v) is 2.74. The van der Waals surface area contributed by atoms with Crippen molar-refractivity contribution in [2.75, 3.05) is 12.9 Å². The van der Waals surface area contributed by atoms with Gasteiger partial charge in [0.15, 0.2) is 11.5 Å². The highest BCUT2D eigenvalue weighted by molar-refractivity contribution is 7.80. The van der Waals surface area contributed by atoms with Crippen molar-refractivity contribution in [2.24, 2.45) is 0 Å². The molecule has 0 saturated heterocycles. The van der Waals surface area contributed by atoms with E-state index in [1.807, 2.05) is 20.0 Å². The maximum Gasteiger partial charge on any atom is 0.192 e. The SMILES string of the molecule is Cc1nc2cc(CN(C)CS)ccc2o1. The molecule has 0 N–H and O–H groups in total. The van der Waals surface area contributed by atoms with Crippen LogP contribution in [0.3, 0.4) is 0 Å². The highest BCUT2D eigenvalue weighted by atomic mass is 32.1. The summed E-state index contributed by atoms with van der Waals surface area (Å²) >= 11 is 4.22. The molecule has 0 unspecified atom stereocenters. The average molecular weight is 222 g/mol. The molecule has 0 bridgehead atoms. The van der Waals surface area contributed by atoms with Gasteiger partial charge in [-0.3, -0.25) is 4.90 Å². The van der Waals surface area contributed by atoms with Gasteiger partial charge in [-0.2, -0.15) is 12.6 Å². The molecule has 0 aliphatic heterocycles. The molecule has 1 aromatic heterocycles. The normalized spacial score (nSPS) is 11.5. The number of fused-ring (bicyclic) bond motifs is 1. The Morgan fingerprint density at radius 2 is 2.27 bits per heavy atom. The van der Waals surface area contributed by atoms with Gasteiger partial charge in [0.25, 0.3) is 0 Å². The fourth-order valence-electron chi connectivity index (χ4n) is 1.55. The van der Waals surface area contributed by atoms with Crippen molar-refractivity contribution >= 4 is 23.7 Å². The number of thiol groups is 1. The first-order chi connectivity index (χ1) is 7.19. The summed E-state index contributed by atoms with van der Waals surface area (Å²) in [6, 6.07) is 6.09. The topological polar surface area (TPSA) is 29.3 Å². The Labute approximate surface area is 94.5 Å². The van der Waals surface area contributed by atoms with Crippen LogP contribution in [0.5, 0.6) is 0 Å². The Morgan fingerprint density at radius 1 is 1.47 bits per heavy atom. The molecule has 0 radical (unpaired) electrons. The van der Waals surface area contributed by atoms with E-state index in [0.717, 1.165) is 23.5 Å². The average Bonchev–Trinajstić information content (AvgIpc) is 2.57. The molecule has 1 heterocycles. The van der Waals surface area contributed by atoms with Gasteiger partial charge in [-0.1, -0.05) is 6.07 Å². The van der Waals surface area contributed by atoms with Gasteiger partial charge in [-0.05, 0) is 24.7 Å². The van der Waals surface area contributed by atoms with E-state index in [0.29, 0.717) is 5.89 Å². The van der Waals surface area contributed by atoms with Crippen molar-refractivity contribution in [3.8, 4) is 0 Å². The summed E-state index contributed by atoms with van der Waals surface area (Å²) in [5, 5.41) is 0. The summed E-state index contributed by atoms with van der Waals surface area (Å²) in [4.78, 5) is 6.42. The van der Waals surface area contributed by atoms with Crippen LogP contribution in [-0.4, -0.2) is 22.8 Å². The second kappa shape index (κ2) is 4.24. The van der Waals surface area contributed by atoms with Gasteiger partial charge in [0, 0.05) is 19.3 Å². The van der Waals surface area contributed by atoms with Crippen molar-refractivity contribution in [1.82, 2.24) is 9.88 Å². The number of oxazole rings is 1. The maximum absolute atomic E-state index is 5.41. The first-order valence-electron chi connectivity index (χ1n) is 4.84. The molecule has 4 heteroatoms. The zero-order valence-electron chi connectivity index (χ0n) is 8.90. The zero-order valence-corrected chi connectivity index (χ0v) is 9.79. The third kappa shape index (κ3) is 2.33. The summed E-state index contributed by atoms with van der Waals surface area (Å²) in [6.07, 6.45) is 0. The first kappa shape index (κ1) is 10.5. The Morgan fingerprint density at radius 3 is 3.00 bits per heavy atom. The van der Waals surface area contributed by atoms with E-state index in [1.165, 1.54) is 5.56 Å². The molecule has 15 heavy (non-hydrogen) atoms. The number of hydrogen-bond acceptors (Lipinski definition) is 4. The fourth-order valence-corrected chi connectivity index (χ4v) is 1.65. The molecule has 0 atom stereocenters. The molecule has 0 spiro atoms. The number of hydrogen-bond donors (Lipinski definition) is 1. The Bertz CT molecular complexity index is 467. The molecule has 3 nitrogen and oxygen atoms in total. The summed E-state index contributed by atoms with van der Waals surface area (Å²) in [6.45, 7) is 2.74. The molecular formula is C11H14N2OS. The summed E-state index contributed by atoms with van der Waals surface area (Å²) in [7, 11) is 2.03. The number of aromatic nitrogens is 1. The van der Waals surface area contributed by atoms with Gasteiger partial charge >= 0.3 is 0 Å². The van der Waals surface area contributed by atoms with E-state index in [1.54, 1.807) is 0 Å². The van der Waals surface area contributed by atoms with Gasteiger partial charge in [0.05, 0.1) is 0 Å². The van der Waals surface area contributed by atoms with Crippen LogP contribution in [0.1, 0.15) is 11.5 Å². The molecule has 0 saturated carbocycles. The van der Waals surface area contributed by atoms with Crippen LogP contribution in [0.15, 0.2) is 22.6 Å². The van der Waals surface area contributed by atoms with E-state index >= 15 is 0 Å². The largest absolute Gasteiger partial charge is 0.441 e. The molecule has 2 rings (SSSR count). The Kier molecular flexibility index (Phi) is 2.98. The van der Waals surface area contributed by atoms with Crippen LogP contribution in [-0.2, 0) is 6.54 Å². The minimum atomic E-state index is 0.713. The predicted molar refractivity (Wildman–Crippen MR) is 64.1 cm³/mol. The maximum atomic E-state index is 5.41. The molecule has 0 aliphatic rings. The summed E-state index contributed by atoms with van der Waals surface area (Å²) in [5.74, 6) is 1.46. The van der Waals surface area contributed by atoms with Crippen molar-refractivity contribution in [3.63, 3.8) is 0 Å². The smallest absolute Gasteiger partial charge is 0.192 e. The standard InChI is InChI=1S/C11H14N2OS/c1-8-12-10-5-9(6-13(2)7-15)3-4-11(10)14-8/h3-5,15H,6-7H2,1-2H3. The van der Waals surface area contributed by atoms with Crippen LogP contribution >= 0.6 is 12.6 Å². The number of aryl methyl sites for hydroxylation is 1. The molecule has 1 aromatic carbocycles. The minimum absolute atomic E-state index is 0.713.